The summed E-state index contributed by atoms with van der Waals surface area (Å²) in [5.74, 6) is 0. The first kappa shape index (κ1) is 14.5. The van der Waals surface area contributed by atoms with Gasteiger partial charge >= 0.3 is 0 Å². The number of aromatic nitrogens is 1. The smallest absolute Gasteiger partial charge is 0.0687 e. The van der Waals surface area contributed by atoms with Crippen LogP contribution in [0.15, 0.2) is 23.6 Å². The van der Waals surface area contributed by atoms with E-state index in [1.54, 1.807) is 11.3 Å². The lowest BCUT2D eigenvalue weighted by Gasteiger charge is -2.19. The van der Waals surface area contributed by atoms with Gasteiger partial charge in [-0.15, -0.1) is 11.3 Å². The van der Waals surface area contributed by atoms with E-state index in [4.69, 9.17) is 11.6 Å². The second-order valence-corrected chi connectivity index (χ2v) is 6.06. The molecular formula is C15H19ClN2S. The van der Waals surface area contributed by atoms with E-state index < -0.39 is 0 Å². The molecule has 0 bridgehead atoms. The Morgan fingerprint density at radius 1 is 1.32 bits per heavy atom. The van der Waals surface area contributed by atoms with Crippen LogP contribution in [-0.2, 0) is 0 Å². The third-order valence-corrected chi connectivity index (χ3v) is 4.37. The first-order valence-corrected chi connectivity index (χ1v) is 7.79. The van der Waals surface area contributed by atoms with Crippen LogP contribution < -0.4 is 5.32 Å². The summed E-state index contributed by atoms with van der Waals surface area (Å²) in [6.45, 7) is 7.20. The number of thiophene rings is 1. The van der Waals surface area contributed by atoms with Crippen molar-refractivity contribution in [2.75, 3.05) is 6.54 Å². The van der Waals surface area contributed by atoms with Gasteiger partial charge < -0.3 is 5.32 Å². The molecule has 0 aliphatic rings. The number of aryl methyl sites for hydroxylation is 2. The van der Waals surface area contributed by atoms with Crippen LogP contribution in [0.2, 0.25) is 5.02 Å². The number of nitrogens with one attached hydrogen (secondary N) is 1. The molecule has 1 atom stereocenters. The standard InChI is InChI=1S/C15H19ClN2S/c1-4-6-17-14(15-13(16)5-7-19-15)12-8-10(2)18-11(3)9-12/h5,7-9,14,17H,4,6H2,1-3H3. The van der Waals surface area contributed by atoms with Crippen molar-refractivity contribution in [3.63, 3.8) is 0 Å². The maximum atomic E-state index is 6.30. The van der Waals surface area contributed by atoms with Crippen LogP contribution in [0.1, 0.15) is 41.2 Å². The normalized spacial score (nSPS) is 12.6. The molecule has 0 spiro atoms. The van der Waals surface area contributed by atoms with E-state index in [-0.39, 0.29) is 6.04 Å². The SMILES string of the molecule is CCCNC(c1cc(C)nc(C)c1)c1sccc1Cl. The zero-order valence-electron chi connectivity index (χ0n) is 11.5. The summed E-state index contributed by atoms with van der Waals surface area (Å²) in [5, 5.41) is 6.46. The van der Waals surface area contributed by atoms with Gasteiger partial charge in [-0.05, 0) is 56.0 Å². The van der Waals surface area contributed by atoms with Gasteiger partial charge in [-0.2, -0.15) is 0 Å². The highest BCUT2D eigenvalue weighted by Crippen LogP contribution is 2.33. The van der Waals surface area contributed by atoms with Crippen LogP contribution in [0.5, 0.6) is 0 Å². The molecule has 0 saturated carbocycles. The van der Waals surface area contributed by atoms with Crippen molar-refractivity contribution in [2.45, 2.75) is 33.2 Å². The van der Waals surface area contributed by atoms with Gasteiger partial charge in [0, 0.05) is 16.3 Å². The topological polar surface area (TPSA) is 24.9 Å². The summed E-state index contributed by atoms with van der Waals surface area (Å²) in [6.07, 6.45) is 1.10. The minimum atomic E-state index is 0.160. The Morgan fingerprint density at radius 3 is 2.53 bits per heavy atom. The molecule has 102 valence electrons. The van der Waals surface area contributed by atoms with E-state index in [0.29, 0.717) is 0 Å². The fourth-order valence-corrected chi connectivity index (χ4v) is 3.46. The summed E-state index contributed by atoms with van der Waals surface area (Å²) in [5.41, 5.74) is 3.33. The molecule has 1 unspecified atom stereocenters. The van der Waals surface area contributed by atoms with Gasteiger partial charge in [-0.1, -0.05) is 18.5 Å². The highest BCUT2D eigenvalue weighted by atomic mass is 35.5. The van der Waals surface area contributed by atoms with E-state index in [1.165, 1.54) is 10.4 Å². The largest absolute Gasteiger partial charge is 0.306 e. The van der Waals surface area contributed by atoms with E-state index in [9.17, 15) is 0 Å². The van der Waals surface area contributed by atoms with E-state index in [2.05, 4.69) is 29.4 Å². The van der Waals surface area contributed by atoms with Crippen molar-refractivity contribution < 1.29 is 0 Å². The lowest BCUT2D eigenvalue weighted by Crippen LogP contribution is -2.23. The molecule has 2 nitrogen and oxygen atoms in total. The predicted molar refractivity (Wildman–Crippen MR) is 83.2 cm³/mol. The Labute approximate surface area is 123 Å². The van der Waals surface area contributed by atoms with Gasteiger partial charge in [-0.3, -0.25) is 4.98 Å². The van der Waals surface area contributed by atoms with Crippen molar-refractivity contribution in [3.8, 4) is 0 Å². The fraction of sp³-hybridized carbons (Fsp3) is 0.400. The highest BCUT2D eigenvalue weighted by Gasteiger charge is 2.18. The van der Waals surface area contributed by atoms with Gasteiger partial charge in [0.25, 0.3) is 0 Å². The Morgan fingerprint density at radius 2 is 2.00 bits per heavy atom. The van der Waals surface area contributed by atoms with Gasteiger partial charge in [0.1, 0.15) is 0 Å². The Kier molecular flexibility index (Phi) is 4.97. The maximum Gasteiger partial charge on any atom is 0.0687 e. The van der Waals surface area contributed by atoms with Gasteiger partial charge in [0.05, 0.1) is 11.1 Å². The summed E-state index contributed by atoms with van der Waals surface area (Å²) in [4.78, 5) is 5.62. The Hall–Kier alpha value is -0.900. The average molecular weight is 295 g/mol. The monoisotopic (exact) mass is 294 g/mol. The molecule has 0 aliphatic heterocycles. The van der Waals surface area contributed by atoms with Crippen molar-refractivity contribution in [1.82, 2.24) is 10.3 Å². The molecule has 19 heavy (non-hydrogen) atoms. The van der Waals surface area contributed by atoms with Crippen LogP contribution in [0.3, 0.4) is 0 Å². The Bertz CT molecular complexity index is 531. The molecule has 4 heteroatoms. The van der Waals surface area contributed by atoms with E-state index in [0.717, 1.165) is 29.4 Å². The molecule has 1 N–H and O–H groups in total. The molecule has 0 amide bonds. The van der Waals surface area contributed by atoms with Crippen molar-refractivity contribution >= 4 is 22.9 Å². The zero-order chi connectivity index (χ0) is 13.8. The number of pyridine rings is 1. The molecule has 2 rings (SSSR count). The molecule has 0 fully saturated rings. The minimum Gasteiger partial charge on any atom is -0.306 e. The van der Waals surface area contributed by atoms with Crippen LogP contribution >= 0.6 is 22.9 Å². The lowest BCUT2D eigenvalue weighted by atomic mass is 10.0. The molecule has 2 aromatic rings. The third kappa shape index (κ3) is 3.56. The number of nitrogens with zero attached hydrogens (tertiary/aromatic N) is 1. The van der Waals surface area contributed by atoms with Gasteiger partial charge in [0.2, 0.25) is 0 Å². The van der Waals surface area contributed by atoms with Gasteiger partial charge in [-0.25, -0.2) is 0 Å². The maximum absolute atomic E-state index is 6.30. The number of halogens is 1. The minimum absolute atomic E-state index is 0.160. The van der Waals surface area contributed by atoms with Crippen molar-refractivity contribution in [3.05, 3.63) is 50.4 Å². The van der Waals surface area contributed by atoms with Gasteiger partial charge in [0.15, 0.2) is 0 Å². The molecular weight excluding hydrogens is 276 g/mol. The molecule has 2 aromatic heterocycles. The van der Waals surface area contributed by atoms with Crippen LogP contribution in [0.4, 0.5) is 0 Å². The van der Waals surface area contributed by atoms with Crippen LogP contribution in [0, 0.1) is 13.8 Å². The summed E-state index contributed by atoms with van der Waals surface area (Å²) in [6, 6.07) is 6.39. The van der Waals surface area contributed by atoms with E-state index in [1.807, 2.05) is 25.3 Å². The first-order chi connectivity index (χ1) is 9.11. The Balaban J connectivity index is 2.39. The molecule has 0 saturated heterocycles. The lowest BCUT2D eigenvalue weighted by molar-refractivity contribution is 0.604. The third-order valence-electron chi connectivity index (χ3n) is 2.94. The van der Waals surface area contributed by atoms with Crippen LogP contribution in [0.25, 0.3) is 0 Å². The molecule has 2 heterocycles. The second-order valence-electron chi connectivity index (χ2n) is 4.70. The highest BCUT2D eigenvalue weighted by molar-refractivity contribution is 7.10. The predicted octanol–water partition coefficient (Wildman–Crippen LogP) is 4.50. The number of hydrogen-bond donors (Lipinski definition) is 1. The molecule has 0 aromatic carbocycles. The number of rotatable bonds is 5. The summed E-state index contributed by atoms with van der Waals surface area (Å²) >= 11 is 8.00. The number of hydrogen-bond acceptors (Lipinski definition) is 3. The fourth-order valence-electron chi connectivity index (χ4n) is 2.20. The summed E-state index contributed by atoms with van der Waals surface area (Å²) < 4.78 is 0. The molecule has 0 aliphatic carbocycles. The zero-order valence-corrected chi connectivity index (χ0v) is 13.1. The average Bonchev–Trinajstić information content (AvgIpc) is 2.75. The quantitative estimate of drug-likeness (QED) is 0.878. The molecule has 0 radical (unpaired) electrons. The van der Waals surface area contributed by atoms with E-state index >= 15 is 0 Å². The van der Waals surface area contributed by atoms with Crippen molar-refractivity contribution in [1.29, 1.82) is 0 Å². The van der Waals surface area contributed by atoms with Crippen LogP contribution in [-0.4, -0.2) is 11.5 Å². The summed E-state index contributed by atoms with van der Waals surface area (Å²) in [7, 11) is 0. The first-order valence-electron chi connectivity index (χ1n) is 6.53. The second kappa shape index (κ2) is 6.51. The van der Waals surface area contributed by atoms with Crippen molar-refractivity contribution in [2.24, 2.45) is 0 Å².